The fraction of sp³-hybridized carbons (Fsp3) is 0.160. The third kappa shape index (κ3) is 7.17. The van der Waals surface area contributed by atoms with Gasteiger partial charge in [0.1, 0.15) is 5.82 Å². The lowest BCUT2D eigenvalue weighted by Gasteiger charge is -2.12. The molecule has 0 radical (unpaired) electrons. The molecule has 0 saturated carbocycles. The quantitative estimate of drug-likeness (QED) is 0.376. The number of nitrogens with zero attached hydrogens (tertiary/aromatic N) is 1. The van der Waals surface area contributed by atoms with E-state index in [1.165, 1.54) is 30.5 Å². The summed E-state index contributed by atoms with van der Waals surface area (Å²) in [6, 6.07) is 17.7. The highest BCUT2D eigenvalue weighted by molar-refractivity contribution is 5.95. The van der Waals surface area contributed by atoms with Gasteiger partial charge in [0.25, 0.3) is 11.8 Å². The van der Waals surface area contributed by atoms with Gasteiger partial charge in [-0.3, -0.25) is 9.59 Å². The van der Waals surface area contributed by atoms with Gasteiger partial charge in [-0.2, -0.15) is 5.10 Å². The molecule has 170 valence electrons. The number of hydrazone groups is 1. The number of anilines is 1. The molecular weight excluding hydrogens is 425 g/mol. The maximum absolute atomic E-state index is 13.0. The van der Waals surface area contributed by atoms with E-state index in [4.69, 9.17) is 9.47 Å². The Bertz CT molecular complexity index is 1130. The minimum Gasteiger partial charge on any atom is -0.490 e. The second-order valence-corrected chi connectivity index (χ2v) is 7.05. The van der Waals surface area contributed by atoms with Gasteiger partial charge in [-0.25, -0.2) is 9.82 Å². The van der Waals surface area contributed by atoms with Crippen LogP contribution in [-0.4, -0.2) is 31.2 Å². The van der Waals surface area contributed by atoms with Crippen molar-refractivity contribution in [1.29, 1.82) is 0 Å². The summed E-state index contributed by atoms with van der Waals surface area (Å²) in [7, 11) is 0. The summed E-state index contributed by atoms with van der Waals surface area (Å²) >= 11 is 0. The molecule has 0 aliphatic rings. The molecule has 2 amide bonds. The molecule has 3 aromatic rings. The number of hydrogen-bond acceptors (Lipinski definition) is 5. The Hall–Kier alpha value is -4.20. The van der Waals surface area contributed by atoms with Crippen LogP contribution >= 0.6 is 0 Å². The lowest BCUT2D eigenvalue weighted by molar-refractivity contribution is -0.118. The van der Waals surface area contributed by atoms with Crippen molar-refractivity contribution in [3.63, 3.8) is 0 Å². The zero-order chi connectivity index (χ0) is 23.6. The van der Waals surface area contributed by atoms with Crippen LogP contribution in [0.1, 0.15) is 28.4 Å². The van der Waals surface area contributed by atoms with Crippen LogP contribution in [0.5, 0.6) is 11.5 Å². The summed E-state index contributed by atoms with van der Waals surface area (Å²) in [4.78, 5) is 24.3. The van der Waals surface area contributed by atoms with Crippen LogP contribution in [-0.2, 0) is 4.79 Å². The highest BCUT2D eigenvalue weighted by Crippen LogP contribution is 2.28. The van der Waals surface area contributed by atoms with Crippen molar-refractivity contribution in [1.82, 2.24) is 5.43 Å². The second-order valence-electron chi connectivity index (χ2n) is 7.05. The van der Waals surface area contributed by atoms with E-state index in [1.807, 2.05) is 26.0 Å². The summed E-state index contributed by atoms with van der Waals surface area (Å²) in [6.45, 7) is 3.91. The topological polar surface area (TPSA) is 89.0 Å². The third-order valence-corrected chi connectivity index (χ3v) is 4.45. The number of amides is 2. The first-order valence-electron chi connectivity index (χ1n) is 10.3. The number of nitrogens with one attached hydrogen (secondary N) is 2. The molecule has 0 aliphatic heterocycles. The Labute approximate surface area is 191 Å². The van der Waals surface area contributed by atoms with E-state index in [-0.39, 0.29) is 18.3 Å². The van der Waals surface area contributed by atoms with E-state index in [2.05, 4.69) is 15.8 Å². The number of carbonyl (C=O) groups is 2. The number of carbonyl (C=O) groups excluding carboxylic acids is 2. The lowest BCUT2D eigenvalue weighted by Crippen LogP contribution is -2.20. The Morgan fingerprint density at radius 1 is 0.970 bits per heavy atom. The molecule has 0 saturated heterocycles. The van der Waals surface area contributed by atoms with Crippen LogP contribution < -0.4 is 20.2 Å². The molecular formula is C25H24FN3O4. The summed E-state index contributed by atoms with van der Waals surface area (Å²) in [5.74, 6) is -0.284. The number of hydrogen-bond donors (Lipinski definition) is 2. The molecule has 3 aromatic carbocycles. The van der Waals surface area contributed by atoms with Crippen LogP contribution in [0.3, 0.4) is 0 Å². The van der Waals surface area contributed by atoms with E-state index in [9.17, 15) is 14.0 Å². The fourth-order valence-electron chi connectivity index (χ4n) is 2.80. The van der Waals surface area contributed by atoms with Gasteiger partial charge in [-0.05, 0) is 74.0 Å². The molecule has 7 nitrogen and oxygen atoms in total. The van der Waals surface area contributed by atoms with Crippen molar-refractivity contribution in [2.45, 2.75) is 13.8 Å². The van der Waals surface area contributed by atoms with Gasteiger partial charge in [0.2, 0.25) is 0 Å². The van der Waals surface area contributed by atoms with Crippen molar-refractivity contribution in [2.24, 2.45) is 5.10 Å². The smallest absolute Gasteiger partial charge is 0.271 e. The molecule has 2 N–H and O–H groups in total. The molecule has 33 heavy (non-hydrogen) atoms. The first-order chi connectivity index (χ1) is 15.9. The van der Waals surface area contributed by atoms with E-state index in [1.54, 1.807) is 30.3 Å². The number of aryl methyl sites for hydroxylation is 1. The van der Waals surface area contributed by atoms with Gasteiger partial charge in [0, 0.05) is 11.3 Å². The number of ether oxygens (including phenoxy) is 2. The zero-order valence-corrected chi connectivity index (χ0v) is 18.3. The number of benzene rings is 3. The monoisotopic (exact) mass is 449 g/mol. The van der Waals surface area contributed by atoms with Crippen molar-refractivity contribution >= 4 is 23.7 Å². The molecule has 0 heterocycles. The molecule has 3 rings (SSSR count). The maximum atomic E-state index is 13.0. The van der Waals surface area contributed by atoms with Crippen LogP contribution in [0.2, 0.25) is 0 Å². The summed E-state index contributed by atoms with van der Waals surface area (Å²) in [5.41, 5.74) is 5.19. The van der Waals surface area contributed by atoms with Gasteiger partial charge in [0.15, 0.2) is 18.1 Å². The predicted octanol–water partition coefficient (Wildman–Crippen LogP) is 4.31. The van der Waals surface area contributed by atoms with Gasteiger partial charge in [0.05, 0.1) is 12.8 Å². The van der Waals surface area contributed by atoms with Gasteiger partial charge in [-0.1, -0.05) is 17.7 Å². The van der Waals surface area contributed by atoms with Gasteiger partial charge >= 0.3 is 0 Å². The van der Waals surface area contributed by atoms with Crippen LogP contribution in [0.15, 0.2) is 71.8 Å². The lowest BCUT2D eigenvalue weighted by atomic mass is 10.1. The van der Waals surface area contributed by atoms with Crippen molar-refractivity contribution in [3.8, 4) is 11.5 Å². The normalized spacial score (nSPS) is 10.6. The number of halogens is 1. The Morgan fingerprint density at radius 3 is 2.39 bits per heavy atom. The van der Waals surface area contributed by atoms with Crippen LogP contribution in [0.25, 0.3) is 0 Å². The Morgan fingerprint density at radius 2 is 1.70 bits per heavy atom. The molecule has 0 aromatic heterocycles. The minimum absolute atomic E-state index is 0.252. The first-order valence-corrected chi connectivity index (χ1v) is 10.3. The molecule has 0 spiro atoms. The molecule has 0 aliphatic carbocycles. The predicted molar refractivity (Wildman–Crippen MR) is 124 cm³/mol. The Kier molecular flexibility index (Phi) is 8.13. The fourth-order valence-corrected chi connectivity index (χ4v) is 2.80. The highest BCUT2D eigenvalue weighted by atomic mass is 19.1. The maximum Gasteiger partial charge on any atom is 0.271 e. The summed E-state index contributed by atoms with van der Waals surface area (Å²) in [6.07, 6.45) is 1.49. The zero-order valence-electron chi connectivity index (χ0n) is 18.3. The Balaban J connectivity index is 1.59. The largest absolute Gasteiger partial charge is 0.490 e. The third-order valence-electron chi connectivity index (χ3n) is 4.45. The average Bonchev–Trinajstić information content (AvgIpc) is 2.80. The van der Waals surface area contributed by atoms with Crippen molar-refractivity contribution in [3.05, 3.63) is 89.2 Å². The van der Waals surface area contributed by atoms with Gasteiger partial charge in [-0.15, -0.1) is 0 Å². The van der Waals surface area contributed by atoms with E-state index in [0.29, 0.717) is 34.9 Å². The molecule has 0 bridgehead atoms. The molecule has 0 fully saturated rings. The summed E-state index contributed by atoms with van der Waals surface area (Å²) in [5, 5.41) is 6.61. The van der Waals surface area contributed by atoms with Crippen molar-refractivity contribution in [2.75, 3.05) is 18.5 Å². The van der Waals surface area contributed by atoms with E-state index in [0.717, 1.165) is 5.56 Å². The second kappa shape index (κ2) is 11.4. The minimum atomic E-state index is -0.395. The van der Waals surface area contributed by atoms with Gasteiger partial charge < -0.3 is 14.8 Å². The number of rotatable bonds is 9. The van der Waals surface area contributed by atoms with E-state index >= 15 is 0 Å². The van der Waals surface area contributed by atoms with Crippen LogP contribution in [0, 0.1) is 12.7 Å². The molecule has 0 unspecified atom stereocenters. The van der Waals surface area contributed by atoms with Crippen molar-refractivity contribution < 1.29 is 23.5 Å². The average molecular weight is 449 g/mol. The standard InChI is InChI=1S/C25H24FN3O4/c1-3-32-23-14-18(15-27-29-25(31)19-7-4-17(2)5-8-19)6-13-22(23)33-16-24(30)28-21-11-9-20(26)10-12-21/h4-15H,3,16H2,1-2H3,(H,28,30)(H,29,31)/b27-15+. The first kappa shape index (κ1) is 23.5. The van der Waals surface area contributed by atoms with Crippen LogP contribution in [0.4, 0.5) is 10.1 Å². The summed E-state index contributed by atoms with van der Waals surface area (Å²) < 4.78 is 24.2. The molecule has 0 atom stereocenters. The highest BCUT2D eigenvalue weighted by Gasteiger charge is 2.10. The van der Waals surface area contributed by atoms with E-state index < -0.39 is 5.91 Å². The molecule has 8 heteroatoms. The SMILES string of the molecule is CCOc1cc(/C=N/NC(=O)c2ccc(C)cc2)ccc1OCC(=O)Nc1ccc(F)cc1.